The van der Waals surface area contributed by atoms with Crippen LogP contribution in [0.4, 0.5) is 0 Å². The molecule has 3 nitrogen and oxygen atoms in total. The molecule has 0 saturated carbocycles. The number of halogens is 3. The molecule has 0 spiro atoms. The number of aliphatic hydroxyl groups excluding tert-OH is 1. The van der Waals surface area contributed by atoms with Crippen LogP contribution in [0.15, 0.2) is 48.8 Å². The third kappa shape index (κ3) is 6.11. The van der Waals surface area contributed by atoms with Crippen molar-refractivity contribution in [2.45, 2.75) is 22.5 Å². The van der Waals surface area contributed by atoms with Gasteiger partial charge in [-0.3, -0.25) is 0 Å². The number of hydrogen-bond donors (Lipinski definition) is 1. The van der Waals surface area contributed by atoms with Gasteiger partial charge in [0.05, 0.1) is 0 Å². The monoisotopic (exact) mass is 470 g/mol. The molecule has 2 aromatic rings. The van der Waals surface area contributed by atoms with Crippen LogP contribution in [-0.4, -0.2) is 52.1 Å². The first kappa shape index (κ1) is 20.4. The quantitative estimate of drug-likeness (QED) is 0.377. The molecule has 0 amide bonds. The van der Waals surface area contributed by atoms with E-state index in [-0.39, 0.29) is 0 Å². The van der Waals surface area contributed by atoms with Crippen LogP contribution in [0.1, 0.15) is 11.4 Å². The molecular formula is C16H18Cl3N2OPSe. The predicted octanol–water partition coefficient (Wildman–Crippen LogP) is 4.05. The standard InChI is InChI=1S/C16H18Cl3N2OPSe/c17-16(18,19)15(22)23(24,11-7-13-5-1-3-9-20-13)12-8-14-6-2-4-10-21-14/h1-6,9-10,15,22H,7-8,11-12H2. The number of aliphatic hydroxyl groups is 1. The average molecular weight is 471 g/mol. The molecule has 130 valence electrons. The van der Waals surface area contributed by atoms with Gasteiger partial charge in [-0.25, -0.2) is 0 Å². The molecule has 24 heavy (non-hydrogen) atoms. The Bertz CT molecular complexity index is 635. The van der Waals surface area contributed by atoms with E-state index in [9.17, 15) is 5.11 Å². The van der Waals surface area contributed by atoms with E-state index >= 15 is 0 Å². The number of aryl methyl sites for hydroxylation is 2. The summed E-state index contributed by atoms with van der Waals surface area (Å²) in [6.45, 7) is 0. The minimum atomic E-state index is -2.06. The normalized spacial score (nSPS) is 13.7. The number of alkyl halides is 3. The van der Waals surface area contributed by atoms with Crippen molar-refractivity contribution in [3.63, 3.8) is 0 Å². The van der Waals surface area contributed by atoms with E-state index in [0.717, 1.165) is 24.2 Å². The van der Waals surface area contributed by atoms with Crippen LogP contribution in [0.3, 0.4) is 0 Å². The molecule has 2 rings (SSSR count). The zero-order valence-corrected chi connectivity index (χ0v) is 17.7. The maximum absolute atomic E-state index is 10.6. The van der Waals surface area contributed by atoms with Crippen LogP contribution in [0.2, 0.25) is 0 Å². The summed E-state index contributed by atoms with van der Waals surface area (Å²) in [6, 6.07) is 11.6. The van der Waals surface area contributed by atoms with E-state index < -0.39 is 15.1 Å². The zero-order chi connectivity index (χ0) is 17.6. The molecule has 0 radical (unpaired) electrons. The average Bonchev–Trinajstić information content (AvgIpc) is 2.58. The molecule has 8 heteroatoms. The first-order valence-electron chi connectivity index (χ1n) is 7.44. The van der Waals surface area contributed by atoms with Gasteiger partial charge in [-0.1, -0.05) is 0 Å². The van der Waals surface area contributed by atoms with E-state index in [0.29, 0.717) is 12.3 Å². The Labute approximate surface area is 165 Å². The molecule has 0 aliphatic heterocycles. The third-order valence-corrected chi connectivity index (χ3v) is 11.6. The molecule has 0 fully saturated rings. The minimum absolute atomic E-state index is 0.714. The zero-order valence-electron chi connectivity index (χ0n) is 12.9. The fourth-order valence-corrected chi connectivity index (χ4v) is 9.79. The van der Waals surface area contributed by atoms with Crippen molar-refractivity contribution in [2.75, 3.05) is 12.3 Å². The van der Waals surface area contributed by atoms with E-state index in [2.05, 4.69) is 25.1 Å². The second-order valence-corrected chi connectivity index (χ2v) is 15.7. The molecule has 1 N–H and O–H groups in total. The molecule has 1 atom stereocenters. The van der Waals surface area contributed by atoms with E-state index in [1.807, 2.05) is 36.4 Å². The van der Waals surface area contributed by atoms with Gasteiger partial charge in [0.1, 0.15) is 0 Å². The van der Waals surface area contributed by atoms with Gasteiger partial charge in [0.2, 0.25) is 0 Å². The first-order chi connectivity index (χ1) is 11.3. The Hall–Kier alpha value is 0.0795. The van der Waals surface area contributed by atoms with E-state index in [1.54, 1.807) is 12.4 Å². The Morgan fingerprint density at radius 3 is 1.75 bits per heavy atom. The van der Waals surface area contributed by atoms with Crippen LogP contribution < -0.4 is 0 Å². The fourth-order valence-electron chi connectivity index (χ4n) is 2.32. The van der Waals surface area contributed by atoms with Crippen LogP contribution in [0, 0.1) is 0 Å². The van der Waals surface area contributed by atoms with Gasteiger partial charge in [-0.2, -0.15) is 0 Å². The van der Waals surface area contributed by atoms with Crippen molar-refractivity contribution in [2.24, 2.45) is 0 Å². The molecule has 0 aromatic carbocycles. The Balaban J connectivity index is 2.13. The van der Waals surface area contributed by atoms with Gasteiger partial charge in [0, 0.05) is 0 Å². The molecule has 0 aliphatic carbocycles. The number of pyridine rings is 2. The molecule has 0 saturated heterocycles. The summed E-state index contributed by atoms with van der Waals surface area (Å²) in [4.78, 5) is 8.67. The van der Waals surface area contributed by atoms with Crippen molar-refractivity contribution < 1.29 is 5.11 Å². The number of aromatic nitrogens is 2. The summed E-state index contributed by atoms with van der Waals surface area (Å²) < 4.78 is -1.72. The Morgan fingerprint density at radius 1 is 0.958 bits per heavy atom. The molecule has 0 aliphatic rings. The molecule has 0 bridgehead atoms. The molecular weight excluding hydrogens is 452 g/mol. The second kappa shape index (κ2) is 9.14. The number of rotatable bonds is 7. The second-order valence-electron chi connectivity index (χ2n) is 5.46. The van der Waals surface area contributed by atoms with Gasteiger partial charge < -0.3 is 0 Å². The summed E-state index contributed by atoms with van der Waals surface area (Å²) in [5.74, 6) is -1.03. The summed E-state index contributed by atoms with van der Waals surface area (Å²) in [5, 5.41) is 10.6. The molecule has 2 aromatic heterocycles. The summed E-state index contributed by atoms with van der Waals surface area (Å²) in [6.07, 6.45) is 6.39. The van der Waals surface area contributed by atoms with E-state index in [1.165, 1.54) is 0 Å². The van der Waals surface area contributed by atoms with Crippen molar-refractivity contribution in [3.05, 3.63) is 60.2 Å². The van der Waals surface area contributed by atoms with Crippen molar-refractivity contribution >= 4 is 55.4 Å². The van der Waals surface area contributed by atoms with Crippen molar-refractivity contribution in [1.29, 1.82) is 0 Å². The Kier molecular flexibility index (Phi) is 7.77. The van der Waals surface area contributed by atoms with Gasteiger partial charge in [-0.15, -0.1) is 0 Å². The van der Waals surface area contributed by atoms with Gasteiger partial charge in [0.15, 0.2) is 0 Å². The van der Waals surface area contributed by atoms with Gasteiger partial charge in [0.25, 0.3) is 0 Å². The summed E-state index contributed by atoms with van der Waals surface area (Å²) in [7, 11) is 0. The van der Waals surface area contributed by atoms with Gasteiger partial charge >= 0.3 is 165 Å². The SMILES string of the molecule is OC(C(Cl)(Cl)Cl)P(=[Se])(CCc1ccccn1)CCc1ccccn1. The van der Waals surface area contributed by atoms with Gasteiger partial charge in [-0.05, 0) is 0 Å². The van der Waals surface area contributed by atoms with E-state index in [4.69, 9.17) is 34.8 Å². The van der Waals surface area contributed by atoms with Crippen LogP contribution in [0.25, 0.3) is 0 Å². The topological polar surface area (TPSA) is 46.0 Å². The Morgan fingerprint density at radius 2 is 1.42 bits per heavy atom. The molecule has 1 unspecified atom stereocenters. The number of hydrogen-bond acceptors (Lipinski definition) is 3. The predicted molar refractivity (Wildman–Crippen MR) is 105 cm³/mol. The summed E-state index contributed by atoms with van der Waals surface area (Å²) >= 11 is 21.2. The van der Waals surface area contributed by atoms with Crippen molar-refractivity contribution in [1.82, 2.24) is 9.97 Å². The third-order valence-electron chi connectivity index (χ3n) is 3.68. The fraction of sp³-hybridized carbons (Fsp3) is 0.375. The van der Waals surface area contributed by atoms with Crippen LogP contribution in [0.5, 0.6) is 0 Å². The van der Waals surface area contributed by atoms with Crippen LogP contribution >= 0.6 is 40.3 Å². The van der Waals surface area contributed by atoms with Crippen molar-refractivity contribution in [3.8, 4) is 0 Å². The summed E-state index contributed by atoms with van der Waals surface area (Å²) in [5.41, 5.74) is -0.129. The number of nitrogens with zero attached hydrogens (tertiary/aromatic N) is 2. The first-order valence-corrected chi connectivity index (χ1v) is 13.0. The maximum atomic E-state index is 10.6. The molecule has 2 heterocycles. The van der Waals surface area contributed by atoms with Crippen LogP contribution in [-0.2, 0) is 12.8 Å².